The highest BCUT2D eigenvalue weighted by Gasteiger charge is 2.42. The third-order valence-electron chi connectivity index (χ3n) is 4.99. The maximum atomic E-state index is 14.5. The predicted molar refractivity (Wildman–Crippen MR) is 115 cm³/mol. The lowest BCUT2D eigenvalue weighted by atomic mass is 10.1. The standard InChI is InChI=1S/C21H26FN3O3S/c1-5-15-6-7-17(16(22)11-15)23-19-18(10-13(2)20(27)25(19)4)24-29(28)21(8-9-21)12-14(3)26/h6-11,14,23-24,26H,5,12H2,1-4H3. The lowest BCUT2D eigenvalue weighted by molar-refractivity contribution is 0.183. The largest absolute Gasteiger partial charge is 0.393 e. The number of rotatable bonds is 8. The number of nitrogens with zero attached hydrogens (tertiary/aromatic N) is 1. The number of halogens is 1. The summed E-state index contributed by atoms with van der Waals surface area (Å²) in [6.07, 6.45) is 4.00. The molecule has 0 fully saturated rings. The van der Waals surface area contributed by atoms with Crippen molar-refractivity contribution in [2.45, 2.75) is 44.5 Å². The molecule has 3 N–H and O–H groups in total. The normalized spacial score (nSPS) is 16.3. The van der Waals surface area contributed by atoms with Crippen LogP contribution in [0.5, 0.6) is 0 Å². The molecule has 0 radical (unpaired) electrons. The van der Waals surface area contributed by atoms with Gasteiger partial charge in [-0.2, -0.15) is 0 Å². The van der Waals surface area contributed by atoms with Gasteiger partial charge in [-0.15, -0.1) is 0 Å². The van der Waals surface area contributed by atoms with Gasteiger partial charge in [0.25, 0.3) is 5.56 Å². The van der Waals surface area contributed by atoms with Crippen molar-refractivity contribution in [2.24, 2.45) is 7.05 Å². The van der Waals surface area contributed by atoms with E-state index in [1.54, 1.807) is 45.2 Å². The summed E-state index contributed by atoms with van der Waals surface area (Å²) in [5, 5.41) is 12.7. The number of benzene rings is 1. The van der Waals surface area contributed by atoms with E-state index >= 15 is 0 Å². The summed E-state index contributed by atoms with van der Waals surface area (Å²) < 4.78 is 31.0. The van der Waals surface area contributed by atoms with E-state index in [9.17, 15) is 18.5 Å². The lowest BCUT2D eigenvalue weighted by Crippen LogP contribution is -2.30. The minimum absolute atomic E-state index is 0.220. The van der Waals surface area contributed by atoms with Crippen LogP contribution in [0.4, 0.5) is 21.6 Å². The predicted octanol–water partition coefficient (Wildman–Crippen LogP) is 3.29. The molecule has 1 aromatic carbocycles. The molecule has 0 bridgehead atoms. The van der Waals surface area contributed by atoms with Crippen molar-refractivity contribution in [3.05, 3.63) is 63.7 Å². The molecule has 8 heteroatoms. The Bertz CT molecular complexity index is 1040. The molecule has 0 aliphatic heterocycles. The van der Waals surface area contributed by atoms with Gasteiger partial charge in [0.1, 0.15) is 27.4 Å². The van der Waals surface area contributed by atoms with Crippen LogP contribution in [0.3, 0.4) is 0 Å². The second kappa shape index (κ2) is 8.12. The molecular formula is C21H26FN3O3S. The smallest absolute Gasteiger partial charge is 0.254 e. The molecule has 3 rings (SSSR count). The minimum atomic E-state index is -1.56. The van der Waals surface area contributed by atoms with Crippen LogP contribution in [0.15, 0.2) is 41.2 Å². The molecule has 1 aromatic heterocycles. The van der Waals surface area contributed by atoms with Crippen molar-refractivity contribution in [2.75, 3.05) is 10.0 Å². The molecule has 156 valence electrons. The van der Waals surface area contributed by atoms with Crippen molar-refractivity contribution >= 4 is 28.2 Å². The number of pyridine rings is 1. The summed E-state index contributed by atoms with van der Waals surface area (Å²) in [5.41, 5.74) is 1.73. The number of hydrogen-bond donors (Lipinski definition) is 3. The molecule has 0 amide bonds. The first-order valence-corrected chi connectivity index (χ1v) is 10.6. The fourth-order valence-electron chi connectivity index (χ4n) is 3.21. The summed E-state index contributed by atoms with van der Waals surface area (Å²) in [7, 11) is 0.0115. The van der Waals surface area contributed by atoms with Gasteiger partial charge in [-0.1, -0.05) is 25.1 Å². The van der Waals surface area contributed by atoms with Crippen LogP contribution in [0.1, 0.15) is 31.4 Å². The highest BCUT2D eigenvalue weighted by atomic mass is 32.2. The maximum Gasteiger partial charge on any atom is 0.254 e. The number of nitrogens with one attached hydrogen (secondary N) is 2. The molecule has 1 aliphatic rings. The zero-order valence-electron chi connectivity index (χ0n) is 17.0. The first-order valence-electron chi connectivity index (χ1n) is 9.50. The molecule has 0 saturated heterocycles. The maximum absolute atomic E-state index is 14.5. The van der Waals surface area contributed by atoms with Gasteiger partial charge in [0, 0.05) is 12.6 Å². The summed E-state index contributed by atoms with van der Waals surface area (Å²) >= 11 is 0. The number of aryl methyl sites for hydroxylation is 2. The molecule has 29 heavy (non-hydrogen) atoms. The van der Waals surface area contributed by atoms with Crippen molar-refractivity contribution in [1.29, 1.82) is 0 Å². The SMILES string of the molecule is CCc1ccc(Nc2c(NS(=O)C3(CC(C)O)C=C3)cc(C)c(=O)n2C)c(F)c1. The van der Waals surface area contributed by atoms with E-state index in [1.807, 2.05) is 13.0 Å². The lowest BCUT2D eigenvalue weighted by Gasteiger charge is -2.22. The Labute approximate surface area is 172 Å². The molecule has 0 spiro atoms. The fourth-order valence-corrected chi connectivity index (χ4v) is 4.47. The summed E-state index contributed by atoms with van der Waals surface area (Å²) in [4.78, 5) is 12.4. The number of aliphatic hydroxyl groups excluding tert-OH is 1. The average Bonchev–Trinajstić information content (AvgIpc) is 3.44. The Morgan fingerprint density at radius 3 is 2.52 bits per heavy atom. The van der Waals surface area contributed by atoms with Gasteiger partial charge >= 0.3 is 0 Å². The Morgan fingerprint density at radius 1 is 1.28 bits per heavy atom. The van der Waals surface area contributed by atoms with Gasteiger partial charge in [0.05, 0.1) is 17.5 Å². The Kier molecular flexibility index (Phi) is 5.95. The van der Waals surface area contributed by atoms with Crippen LogP contribution >= 0.6 is 0 Å². The third-order valence-corrected chi connectivity index (χ3v) is 6.52. The van der Waals surface area contributed by atoms with E-state index in [-0.39, 0.29) is 11.2 Å². The molecule has 2 atom stereocenters. The highest BCUT2D eigenvalue weighted by Crippen LogP contribution is 2.37. The number of anilines is 3. The molecular weight excluding hydrogens is 393 g/mol. The minimum Gasteiger partial charge on any atom is -0.393 e. The zero-order chi connectivity index (χ0) is 21.3. The van der Waals surface area contributed by atoms with E-state index in [2.05, 4.69) is 10.0 Å². The average molecular weight is 420 g/mol. The molecule has 6 nitrogen and oxygen atoms in total. The zero-order valence-corrected chi connectivity index (χ0v) is 17.8. The Morgan fingerprint density at radius 2 is 1.97 bits per heavy atom. The second-order valence-corrected chi connectivity index (χ2v) is 8.96. The second-order valence-electron chi connectivity index (χ2n) is 7.46. The molecule has 1 heterocycles. The van der Waals surface area contributed by atoms with Gasteiger partial charge < -0.3 is 15.1 Å². The monoisotopic (exact) mass is 419 g/mol. The van der Waals surface area contributed by atoms with Crippen LogP contribution in [0.2, 0.25) is 0 Å². The van der Waals surface area contributed by atoms with Crippen molar-refractivity contribution in [3.63, 3.8) is 0 Å². The van der Waals surface area contributed by atoms with Crippen LogP contribution in [0, 0.1) is 12.7 Å². The van der Waals surface area contributed by atoms with Crippen LogP contribution in [-0.4, -0.2) is 24.7 Å². The molecule has 2 unspecified atom stereocenters. The number of aromatic nitrogens is 1. The van der Waals surface area contributed by atoms with Crippen molar-refractivity contribution in [3.8, 4) is 0 Å². The van der Waals surface area contributed by atoms with Crippen LogP contribution in [0.25, 0.3) is 0 Å². The van der Waals surface area contributed by atoms with Gasteiger partial charge in [-0.25, -0.2) is 8.60 Å². The van der Waals surface area contributed by atoms with E-state index in [4.69, 9.17) is 0 Å². The fraction of sp³-hybridized carbons (Fsp3) is 0.381. The molecule has 1 aliphatic carbocycles. The molecule has 0 saturated carbocycles. The van der Waals surface area contributed by atoms with Crippen molar-refractivity contribution < 1.29 is 13.7 Å². The van der Waals surface area contributed by atoms with E-state index in [1.165, 1.54) is 10.6 Å². The van der Waals surface area contributed by atoms with Crippen LogP contribution in [-0.2, 0) is 24.5 Å². The van der Waals surface area contributed by atoms with Crippen LogP contribution < -0.4 is 15.6 Å². The number of aliphatic hydroxyl groups is 1. The van der Waals surface area contributed by atoms with E-state index in [0.717, 1.165) is 5.56 Å². The van der Waals surface area contributed by atoms with Gasteiger partial charge in [0.2, 0.25) is 0 Å². The summed E-state index contributed by atoms with van der Waals surface area (Å²) in [6, 6.07) is 6.48. The quantitative estimate of drug-likeness (QED) is 0.574. The van der Waals surface area contributed by atoms with Gasteiger partial charge in [-0.3, -0.25) is 9.36 Å². The Balaban J connectivity index is 1.96. The topological polar surface area (TPSA) is 83.4 Å². The molecule has 2 aromatic rings. The van der Waals surface area contributed by atoms with Gasteiger partial charge in [-0.05, 0) is 50.5 Å². The van der Waals surface area contributed by atoms with E-state index in [0.29, 0.717) is 29.9 Å². The van der Waals surface area contributed by atoms with E-state index < -0.39 is 27.7 Å². The first kappa shape index (κ1) is 21.3. The third kappa shape index (κ3) is 4.43. The summed E-state index contributed by atoms with van der Waals surface area (Å²) in [6.45, 7) is 5.25. The highest BCUT2D eigenvalue weighted by molar-refractivity contribution is 7.88. The Hall–Kier alpha value is -2.45. The first-order chi connectivity index (χ1) is 13.7. The summed E-state index contributed by atoms with van der Waals surface area (Å²) in [5.74, 6) is -0.121. The van der Waals surface area contributed by atoms with Gasteiger partial charge in [0.15, 0.2) is 0 Å². The van der Waals surface area contributed by atoms with Crippen molar-refractivity contribution in [1.82, 2.24) is 4.57 Å². The number of hydrogen-bond acceptors (Lipinski definition) is 4.